The predicted octanol–water partition coefficient (Wildman–Crippen LogP) is 2.68. The molecule has 0 aliphatic rings. The fourth-order valence-corrected chi connectivity index (χ4v) is 1.10. The Morgan fingerprint density at radius 3 is 2.79 bits per heavy atom. The van der Waals surface area contributed by atoms with Gasteiger partial charge in [-0.3, -0.25) is 0 Å². The summed E-state index contributed by atoms with van der Waals surface area (Å²) >= 11 is 0. The summed E-state index contributed by atoms with van der Waals surface area (Å²) in [4.78, 5) is 3.98. The van der Waals surface area contributed by atoms with E-state index in [4.69, 9.17) is 4.74 Å². The summed E-state index contributed by atoms with van der Waals surface area (Å²) in [5, 5.41) is 0. The molecule has 0 N–H and O–H groups in total. The van der Waals surface area contributed by atoms with Crippen LogP contribution in [0.4, 0.5) is 0 Å². The molecule has 0 saturated heterocycles. The van der Waals surface area contributed by atoms with Crippen LogP contribution in [-0.4, -0.2) is 16.7 Å². The minimum atomic E-state index is 0.907. The van der Waals surface area contributed by atoms with Crippen LogP contribution in [0.3, 0.4) is 0 Å². The van der Waals surface area contributed by atoms with E-state index in [2.05, 4.69) is 11.9 Å². The van der Waals surface area contributed by atoms with Crippen LogP contribution >= 0.6 is 0 Å². The van der Waals surface area contributed by atoms with Crippen LogP contribution < -0.4 is 0 Å². The normalized spacial score (nSPS) is 13.1. The van der Waals surface area contributed by atoms with Crippen molar-refractivity contribution in [1.82, 2.24) is 9.55 Å². The van der Waals surface area contributed by atoms with Gasteiger partial charge in [0, 0.05) is 24.5 Å². The number of imidazole rings is 1. The van der Waals surface area contributed by atoms with Gasteiger partial charge < -0.3 is 9.30 Å². The Labute approximate surface area is 84.7 Å². The average molecular weight is 192 g/mol. The Hall–Kier alpha value is -1.51. The van der Waals surface area contributed by atoms with E-state index in [-0.39, 0.29) is 0 Å². The smallest absolute Gasteiger partial charge is 0.0989 e. The van der Waals surface area contributed by atoms with Crippen LogP contribution in [0.25, 0.3) is 5.70 Å². The molecule has 0 aromatic carbocycles. The van der Waals surface area contributed by atoms with Crippen molar-refractivity contribution in [3.8, 4) is 0 Å². The van der Waals surface area contributed by atoms with Gasteiger partial charge in [-0.2, -0.15) is 0 Å². The van der Waals surface area contributed by atoms with E-state index in [0.29, 0.717) is 0 Å². The molecule has 0 bridgehead atoms. The Balaban J connectivity index is 2.74. The van der Waals surface area contributed by atoms with Gasteiger partial charge in [-0.25, -0.2) is 4.98 Å². The van der Waals surface area contributed by atoms with E-state index < -0.39 is 0 Å². The summed E-state index contributed by atoms with van der Waals surface area (Å²) in [5.41, 5.74) is 1.12. The lowest BCUT2D eigenvalue weighted by Gasteiger charge is -2.02. The number of allylic oxidation sites excluding steroid dienone is 4. The molecule has 0 atom stereocenters. The molecule has 0 aliphatic heterocycles. The lowest BCUT2D eigenvalue weighted by Crippen LogP contribution is -1.88. The van der Waals surface area contributed by atoms with Gasteiger partial charge in [0.15, 0.2) is 0 Å². The second-order valence-electron chi connectivity index (χ2n) is 2.97. The van der Waals surface area contributed by atoms with Gasteiger partial charge >= 0.3 is 0 Å². The first-order valence-electron chi connectivity index (χ1n) is 4.67. The SMILES string of the molecule is CC/C(=C\C=C(/C)n1ccnc1)OC. The van der Waals surface area contributed by atoms with E-state index in [9.17, 15) is 0 Å². The molecule has 0 spiro atoms. The third-order valence-electron chi connectivity index (χ3n) is 2.03. The monoisotopic (exact) mass is 192 g/mol. The quantitative estimate of drug-likeness (QED) is 0.541. The summed E-state index contributed by atoms with van der Waals surface area (Å²) in [5.74, 6) is 0.976. The van der Waals surface area contributed by atoms with Crippen LogP contribution in [0.2, 0.25) is 0 Å². The molecule has 0 saturated carbocycles. The Morgan fingerprint density at radius 2 is 2.29 bits per heavy atom. The topological polar surface area (TPSA) is 27.1 Å². The van der Waals surface area contributed by atoms with Crippen LogP contribution in [-0.2, 0) is 4.74 Å². The van der Waals surface area contributed by atoms with E-state index >= 15 is 0 Å². The maximum absolute atomic E-state index is 5.16. The Kier molecular flexibility index (Phi) is 3.98. The molecular formula is C11H16N2O. The minimum absolute atomic E-state index is 0.907. The molecule has 0 amide bonds. The Bertz CT molecular complexity index is 317. The first-order chi connectivity index (χ1) is 6.77. The van der Waals surface area contributed by atoms with Gasteiger partial charge in [-0.05, 0) is 19.1 Å². The van der Waals surface area contributed by atoms with E-state index in [1.165, 1.54) is 0 Å². The van der Waals surface area contributed by atoms with Crippen molar-refractivity contribution in [3.05, 3.63) is 36.6 Å². The molecule has 1 heterocycles. The molecule has 0 radical (unpaired) electrons. The third kappa shape index (κ3) is 2.76. The standard InChI is InChI=1S/C11H16N2O/c1-4-11(14-3)6-5-10(2)13-8-7-12-9-13/h5-9H,4H2,1-3H3/b10-5+,11-6+. The molecule has 1 rings (SSSR count). The highest BCUT2D eigenvalue weighted by Crippen LogP contribution is 2.06. The zero-order chi connectivity index (χ0) is 10.4. The summed E-state index contributed by atoms with van der Waals surface area (Å²) in [6.07, 6.45) is 10.4. The van der Waals surface area contributed by atoms with E-state index in [1.807, 2.05) is 29.8 Å². The number of rotatable bonds is 4. The molecule has 0 fully saturated rings. The predicted molar refractivity (Wildman–Crippen MR) is 57.6 cm³/mol. The van der Waals surface area contributed by atoms with Crippen LogP contribution in [0.5, 0.6) is 0 Å². The highest BCUT2D eigenvalue weighted by atomic mass is 16.5. The number of aromatic nitrogens is 2. The second kappa shape index (κ2) is 5.27. The first-order valence-corrected chi connectivity index (χ1v) is 4.67. The highest BCUT2D eigenvalue weighted by Gasteiger charge is 1.91. The first kappa shape index (κ1) is 10.6. The number of hydrogen-bond donors (Lipinski definition) is 0. The molecule has 3 heteroatoms. The summed E-state index contributed by atoms with van der Waals surface area (Å²) in [7, 11) is 1.69. The molecule has 1 aromatic rings. The maximum Gasteiger partial charge on any atom is 0.0989 e. The van der Waals surface area contributed by atoms with Gasteiger partial charge in [-0.15, -0.1) is 0 Å². The van der Waals surface area contributed by atoms with Crippen LogP contribution in [0.15, 0.2) is 36.6 Å². The largest absolute Gasteiger partial charge is 0.501 e. The number of nitrogens with zero attached hydrogens (tertiary/aromatic N) is 2. The zero-order valence-electron chi connectivity index (χ0n) is 8.90. The number of ether oxygens (including phenoxy) is 1. The molecular weight excluding hydrogens is 176 g/mol. The lowest BCUT2D eigenvalue weighted by atomic mass is 10.3. The van der Waals surface area contributed by atoms with E-state index in [1.54, 1.807) is 19.6 Å². The fraction of sp³-hybridized carbons (Fsp3) is 0.364. The molecule has 76 valence electrons. The van der Waals surface area contributed by atoms with Crippen molar-refractivity contribution in [1.29, 1.82) is 0 Å². The van der Waals surface area contributed by atoms with Crippen molar-refractivity contribution < 1.29 is 4.74 Å². The highest BCUT2D eigenvalue weighted by molar-refractivity contribution is 5.45. The number of hydrogen-bond acceptors (Lipinski definition) is 2. The maximum atomic E-state index is 5.16. The molecule has 0 unspecified atom stereocenters. The summed E-state index contributed by atoms with van der Waals surface area (Å²) in [6.45, 7) is 4.09. The van der Waals surface area contributed by atoms with Crippen LogP contribution in [0.1, 0.15) is 20.3 Å². The number of methoxy groups -OCH3 is 1. The van der Waals surface area contributed by atoms with Gasteiger partial charge in [0.1, 0.15) is 0 Å². The molecule has 3 nitrogen and oxygen atoms in total. The summed E-state index contributed by atoms with van der Waals surface area (Å²) in [6, 6.07) is 0. The fourth-order valence-electron chi connectivity index (χ4n) is 1.10. The van der Waals surface area contributed by atoms with Crippen molar-refractivity contribution in [2.24, 2.45) is 0 Å². The lowest BCUT2D eigenvalue weighted by molar-refractivity contribution is 0.281. The van der Waals surface area contributed by atoms with Gasteiger partial charge in [0.05, 0.1) is 19.2 Å². The van der Waals surface area contributed by atoms with E-state index in [0.717, 1.165) is 17.9 Å². The van der Waals surface area contributed by atoms with Gasteiger partial charge in [0.2, 0.25) is 0 Å². The third-order valence-corrected chi connectivity index (χ3v) is 2.03. The average Bonchev–Trinajstić information content (AvgIpc) is 2.72. The van der Waals surface area contributed by atoms with Crippen molar-refractivity contribution in [3.63, 3.8) is 0 Å². The Morgan fingerprint density at radius 1 is 1.50 bits per heavy atom. The van der Waals surface area contributed by atoms with Crippen LogP contribution in [0, 0.1) is 0 Å². The van der Waals surface area contributed by atoms with Crippen molar-refractivity contribution in [2.75, 3.05) is 7.11 Å². The van der Waals surface area contributed by atoms with Crippen molar-refractivity contribution in [2.45, 2.75) is 20.3 Å². The molecule has 0 aliphatic carbocycles. The molecule has 14 heavy (non-hydrogen) atoms. The van der Waals surface area contributed by atoms with Crippen molar-refractivity contribution >= 4 is 5.70 Å². The second-order valence-corrected chi connectivity index (χ2v) is 2.97. The zero-order valence-corrected chi connectivity index (χ0v) is 8.90. The van der Waals surface area contributed by atoms with Gasteiger partial charge in [-0.1, -0.05) is 6.92 Å². The summed E-state index contributed by atoms with van der Waals surface area (Å²) < 4.78 is 7.12. The van der Waals surface area contributed by atoms with Gasteiger partial charge in [0.25, 0.3) is 0 Å². The minimum Gasteiger partial charge on any atom is -0.501 e. The molecule has 1 aromatic heterocycles.